The summed E-state index contributed by atoms with van der Waals surface area (Å²) in [5.41, 5.74) is 2.51. The lowest BCUT2D eigenvalue weighted by molar-refractivity contribution is 0.0698. The van der Waals surface area contributed by atoms with Gasteiger partial charge in [0.1, 0.15) is 12.7 Å². The van der Waals surface area contributed by atoms with Gasteiger partial charge in [-0.2, -0.15) is 9.40 Å². The van der Waals surface area contributed by atoms with Crippen molar-refractivity contribution in [3.63, 3.8) is 0 Å². The van der Waals surface area contributed by atoms with Crippen LogP contribution >= 0.6 is 0 Å². The van der Waals surface area contributed by atoms with Gasteiger partial charge in [-0.3, -0.25) is 4.79 Å². The zero-order valence-electron chi connectivity index (χ0n) is 18.3. The fourth-order valence-corrected chi connectivity index (χ4v) is 5.19. The monoisotopic (exact) mass is 453 g/mol. The first kappa shape index (κ1) is 22.2. The molecule has 1 aromatic heterocycles. The average Bonchev–Trinajstić information content (AvgIpc) is 3.38. The molecule has 4 rings (SSSR count). The number of rotatable bonds is 6. The van der Waals surface area contributed by atoms with Crippen LogP contribution in [0.2, 0.25) is 0 Å². The van der Waals surface area contributed by atoms with Crippen molar-refractivity contribution in [3.8, 4) is 5.69 Å². The normalized spacial score (nSPS) is 16.1. The molecule has 0 unspecified atom stereocenters. The van der Waals surface area contributed by atoms with Gasteiger partial charge in [-0.05, 0) is 54.3 Å². The number of piperazine rings is 1. The quantitative estimate of drug-likeness (QED) is 0.573. The highest BCUT2D eigenvalue weighted by atomic mass is 32.2. The van der Waals surface area contributed by atoms with Gasteiger partial charge in [0.2, 0.25) is 10.0 Å². The molecule has 1 aliphatic heterocycles. The van der Waals surface area contributed by atoms with Crippen molar-refractivity contribution in [3.05, 3.63) is 72.3 Å². The summed E-state index contributed by atoms with van der Waals surface area (Å²) < 4.78 is 29.2. The highest BCUT2D eigenvalue weighted by Crippen LogP contribution is 2.23. The molecule has 0 spiro atoms. The number of hydrogen-bond donors (Lipinski definition) is 0. The molecule has 3 aromatic rings. The van der Waals surface area contributed by atoms with Crippen LogP contribution < -0.4 is 0 Å². The van der Waals surface area contributed by atoms with Gasteiger partial charge >= 0.3 is 0 Å². The molecule has 2 heterocycles. The Morgan fingerprint density at radius 3 is 2.22 bits per heavy atom. The van der Waals surface area contributed by atoms with Gasteiger partial charge in [0.15, 0.2) is 0 Å². The smallest absolute Gasteiger partial charge is 0.253 e. The van der Waals surface area contributed by atoms with E-state index in [0.717, 1.165) is 17.7 Å². The van der Waals surface area contributed by atoms with E-state index in [0.29, 0.717) is 29.5 Å². The van der Waals surface area contributed by atoms with Crippen LogP contribution in [0.3, 0.4) is 0 Å². The first-order valence-electron chi connectivity index (χ1n) is 10.7. The molecule has 0 N–H and O–H groups in total. The van der Waals surface area contributed by atoms with E-state index in [1.165, 1.54) is 10.6 Å². The Kier molecular flexibility index (Phi) is 6.38. The average molecular weight is 454 g/mol. The van der Waals surface area contributed by atoms with Crippen molar-refractivity contribution in [2.24, 2.45) is 0 Å². The largest absolute Gasteiger partial charge is 0.336 e. The van der Waals surface area contributed by atoms with Crippen LogP contribution in [0.15, 0.2) is 66.1 Å². The molecule has 0 radical (unpaired) electrons. The van der Waals surface area contributed by atoms with E-state index in [4.69, 9.17) is 0 Å². The highest BCUT2D eigenvalue weighted by molar-refractivity contribution is 7.89. The summed E-state index contributed by atoms with van der Waals surface area (Å²) in [6.45, 7) is 5.50. The lowest BCUT2D eigenvalue weighted by Gasteiger charge is -2.34. The molecular weight excluding hydrogens is 426 g/mol. The standard InChI is InChI=1S/C23H27N5O3S/c1-3-18(2)19-6-10-22(11-7-19)32(30,31)27-14-12-26(13-15-27)23(29)20-4-8-21(9-5-20)28-17-24-16-25-28/h4-11,16-18H,3,12-15H2,1-2H3/t18-/m1/s1. The highest BCUT2D eigenvalue weighted by Gasteiger charge is 2.30. The van der Waals surface area contributed by atoms with Crippen molar-refractivity contribution in [2.45, 2.75) is 31.1 Å². The Labute approximate surface area is 188 Å². The third-order valence-corrected chi connectivity index (χ3v) is 7.94. The van der Waals surface area contributed by atoms with Gasteiger partial charge in [0, 0.05) is 31.7 Å². The van der Waals surface area contributed by atoms with Crippen LogP contribution in [0, 0.1) is 0 Å². The molecule has 1 fully saturated rings. The van der Waals surface area contributed by atoms with E-state index in [-0.39, 0.29) is 19.0 Å². The Hall–Kier alpha value is -3.04. The second kappa shape index (κ2) is 9.22. The van der Waals surface area contributed by atoms with Crippen LogP contribution in [-0.4, -0.2) is 64.5 Å². The predicted molar refractivity (Wildman–Crippen MR) is 121 cm³/mol. The molecule has 1 amide bonds. The SMILES string of the molecule is CC[C@@H](C)c1ccc(S(=O)(=O)N2CCN(C(=O)c3ccc(-n4cncn4)cc3)CC2)cc1. The van der Waals surface area contributed by atoms with Crippen LogP contribution in [0.1, 0.15) is 42.1 Å². The number of aromatic nitrogens is 3. The number of amides is 1. The van der Waals surface area contributed by atoms with Crippen LogP contribution in [-0.2, 0) is 10.0 Å². The Morgan fingerprint density at radius 2 is 1.66 bits per heavy atom. The van der Waals surface area contributed by atoms with Gasteiger partial charge in [-0.15, -0.1) is 0 Å². The van der Waals surface area contributed by atoms with Gasteiger partial charge in [-0.1, -0.05) is 26.0 Å². The first-order valence-corrected chi connectivity index (χ1v) is 12.2. The summed E-state index contributed by atoms with van der Waals surface area (Å²) in [5, 5.41) is 4.07. The van der Waals surface area contributed by atoms with E-state index in [2.05, 4.69) is 23.9 Å². The van der Waals surface area contributed by atoms with E-state index in [9.17, 15) is 13.2 Å². The number of carbonyl (C=O) groups excluding carboxylic acids is 1. The molecule has 0 bridgehead atoms. The summed E-state index contributed by atoms with van der Waals surface area (Å²) in [7, 11) is -3.58. The summed E-state index contributed by atoms with van der Waals surface area (Å²) in [6.07, 6.45) is 4.05. The molecule has 0 aliphatic carbocycles. The summed E-state index contributed by atoms with van der Waals surface area (Å²) in [6, 6.07) is 14.3. The number of hydrogen-bond acceptors (Lipinski definition) is 5. The molecule has 8 nitrogen and oxygen atoms in total. The molecule has 1 atom stereocenters. The van der Waals surface area contributed by atoms with Crippen LogP contribution in [0.25, 0.3) is 5.69 Å². The van der Waals surface area contributed by atoms with Crippen LogP contribution in [0.5, 0.6) is 0 Å². The minimum Gasteiger partial charge on any atom is -0.336 e. The van der Waals surface area contributed by atoms with Crippen molar-refractivity contribution in [2.75, 3.05) is 26.2 Å². The van der Waals surface area contributed by atoms with E-state index < -0.39 is 10.0 Å². The molecule has 9 heteroatoms. The fraction of sp³-hybridized carbons (Fsp3) is 0.348. The summed E-state index contributed by atoms with van der Waals surface area (Å²) in [5.74, 6) is 0.289. The minimum atomic E-state index is -3.58. The number of sulfonamides is 1. The predicted octanol–water partition coefficient (Wildman–Crippen LogP) is 2.93. The van der Waals surface area contributed by atoms with E-state index >= 15 is 0 Å². The molecule has 32 heavy (non-hydrogen) atoms. The van der Waals surface area contributed by atoms with E-state index in [1.807, 2.05) is 24.3 Å². The van der Waals surface area contributed by atoms with Crippen LogP contribution in [0.4, 0.5) is 0 Å². The van der Waals surface area contributed by atoms with Gasteiger partial charge in [0.25, 0.3) is 5.91 Å². The molecule has 1 saturated heterocycles. The Bertz CT molecular complexity index is 1150. The Morgan fingerprint density at radius 1 is 1.00 bits per heavy atom. The lowest BCUT2D eigenvalue weighted by atomic mass is 9.99. The zero-order valence-corrected chi connectivity index (χ0v) is 19.1. The molecule has 2 aromatic carbocycles. The topological polar surface area (TPSA) is 88.4 Å². The summed E-state index contributed by atoms with van der Waals surface area (Å²) in [4.78, 5) is 18.8. The Balaban J connectivity index is 1.39. The fourth-order valence-electron chi connectivity index (χ4n) is 3.77. The number of benzene rings is 2. The summed E-state index contributed by atoms with van der Waals surface area (Å²) >= 11 is 0. The maximum absolute atomic E-state index is 13.0. The number of carbonyl (C=O) groups is 1. The molecule has 168 valence electrons. The maximum atomic E-state index is 13.0. The second-order valence-corrected chi connectivity index (χ2v) is 9.90. The third kappa shape index (κ3) is 4.44. The minimum absolute atomic E-state index is 0.106. The molecular formula is C23H27N5O3S. The lowest BCUT2D eigenvalue weighted by Crippen LogP contribution is -2.50. The third-order valence-electron chi connectivity index (χ3n) is 6.02. The number of nitrogens with zero attached hydrogens (tertiary/aromatic N) is 5. The van der Waals surface area contributed by atoms with Gasteiger partial charge in [0.05, 0.1) is 10.6 Å². The maximum Gasteiger partial charge on any atom is 0.253 e. The van der Waals surface area contributed by atoms with E-state index in [1.54, 1.807) is 40.2 Å². The second-order valence-electron chi connectivity index (χ2n) is 7.96. The van der Waals surface area contributed by atoms with Crippen molar-refractivity contribution in [1.29, 1.82) is 0 Å². The van der Waals surface area contributed by atoms with Crippen molar-refractivity contribution < 1.29 is 13.2 Å². The van der Waals surface area contributed by atoms with Gasteiger partial charge < -0.3 is 4.90 Å². The molecule has 1 aliphatic rings. The molecule has 0 saturated carbocycles. The van der Waals surface area contributed by atoms with Gasteiger partial charge in [-0.25, -0.2) is 18.1 Å². The van der Waals surface area contributed by atoms with Crippen molar-refractivity contribution >= 4 is 15.9 Å². The first-order chi connectivity index (χ1) is 15.4. The van der Waals surface area contributed by atoms with Crippen molar-refractivity contribution in [1.82, 2.24) is 24.0 Å². The zero-order chi connectivity index (χ0) is 22.7.